The molecule has 8 unspecified atom stereocenters. The number of aliphatic carboxylic acids is 1. The van der Waals surface area contributed by atoms with Crippen LogP contribution in [0.5, 0.6) is 0 Å². The summed E-state index contributed by atoms with van der Waals surface area (Å²) in [4.78, 5) is 14.9. The molecule has 4 saturated heterocycles. The van der Waals surface area contributed by atoms with Gasteiger partial charge in [0.15, 0.2) is 25.2 Å². The summed E-state index contributed by atoms with van der Waals surface area (Å²) in [5.74, 6) is -2.23. The fraction of sp³-hybridized carbons (Fsp3) is 0.603. The van der Waals surface area contributed by atoms with Crippen LogP contribution < -0.4 is 10.4 Å². The number of nitrogens with zero attached hydrogens (tertiary/aromatic N) is 3. The van der Waals surface area contributed by atoms with Gasteiger partial charge in [-0.25, -0.2) is 4.79 Å². The largest absolute Gasteiger partial charge is 0.480 e. The molecule has 0 spiro atoms. The summed E-state index contributed by atoms with van der Waals surface area (Å²) < 4.78 is 75.3. The van der Waals surface area contributed by atoms with E-state index in [9.17, 15) is 15.4 Å². The van der Waals surface area contributed by atoms with E-state index in [4.69, 9.17) is 51.8 Å². The van der Waals surface area contributed by atoms with Gasteiger partial charge in [-0.2, -0.15) is 0 Å². The number of carbonyl (C=O) groups is 1. The lowest BCUT2D eigenvalue weighted by atomic mass is 9.82. The molecule has 4 aliphatic heterocycles. The van der Waals surface area contributed by atoms with Gasteiger partial charge >= 0.3 is 5.97 Å². The number of benzene rings is 4. The first-order valence-electron chi connectivity index (χ1n) is 28.9. The quantitative estimate of drug-likeness (QED) is 0.0339. The van der Waals surface area contributed by atoms with Crippen molar-refractivity contribution in [3.05, 3.63) is 143 Å². The Morgan fingerprint density at radius 2 is 1.00 bits per heavy atom. The van der Waals surface area contributed by atoms with E-state index in [2.05, 4.69) is 121 Å². The Morgan fingerprint density at radius 3 is 1.49 bits per heavy atom. The van der Waals surface area contributed by atoms with Crippen molar-refractivity contribution in [3.8, 4) is 0 Å². The molecule has 1 N–H and O–H groups in total. The van der Waals surface area contributed by atoms with Crippen LogP contribution in [0.1, 0.15) is 101 Å². The van der Waals surface area contributed by atoms with Crippen molar-refractivity contribution in [2.24, 2.45) is 40.6 Å². The van der Waals surface area contributed by atoms with Crippen LogP contribution in [0.2, 0.25) is 5.04 Å². The van der Waals surface area contributed by atoms with Crippen LogP contribution >= 0.6 is 0 Å². The van der Waals surface area contributed by atoms with Gasteiger partial charge in [-0.1, -0.05) is 196 Å². The zero-order valence-corrected chi connectivity index (χ0v) is 49.8. The minimum atomic E-state index is -2.95. The average molecular weight is 1120 g/mol. The third-order valence-electron chi connectivity index (χ3n) is 17.4. The molecule has 0 aliphatic carbocycles. The number of carboxylic acid groups (broad SMARTS) is 1. The number of hydrogen-bond donors (Lipinski definition) is 1. The van der Waals surface area contributed by atoms with Crippen LogP contribution in [0.3, 0.4) is 0 Å². The predicted molar refractivity (Wildman–Crippen MR) is 306 cm³/mol. The molecule has 0 aromatic heterocycles. The Bertz CT molecular complexity index is 2540. The standard InChI is InChI=1S/C63H87N3O13Si/c1-13-50-54(40(4)41(5)60(75-50)78-57-44(8)73-59(71-37-52(67)68)42(6)55(57)69-34-46-26-18-14-19-27-46)77-61-43(7)56(70-35-47-28-20-15-21-29-47)58(45(9)74-61)79-62-53(65-66-64)39(3)38(2)51(76-62)36-72-80(63(10,11)12,48-30-22-16-23-31-48)49-32-24-17-25-33-49/h14-33,38-45,50-51,53-62H,13,34-37H2,1-12H3,(H,67,68)/t38-,39-,40+,41?,42?,43?,44?,45?,50?,51?,53?,54-,55-,56-,57+,58+,59+,60+,61-,62-/m0/s1. The molecule has 0 saturated carbocycles. The van der Waals surface area contributed by atoms with Gasteiger partial charge in [0.1, 0.15) is 18.8 Å². The average Bonchev–Trinajstić information content (AvgIpc) is 3.61. The SMILES string of the molecule is CCC1O[C@H](O[C@@H]2C(C)O[C@@H](OCC(=O)O)C(C)[C@@H]2OCc2ccccc2)C(C)[C@@H](C)[C@@H]1O[C@@H]1OC(C)[C@@H](O[C@@H]2OC(CO[Si](c3ccccc3)(c3ccccc3)C(C)(C)C)[C@@H](C)[C@H](C)C2N=[N+]=[N-])[C@@H](OCc2ccccc2)C1C. The van der Waals surface area contributed by atoms with Crippen molar-refractivity contribution in [1.82, 2.24) is 0 Å². The second-order valence-electron chi connectivity index (χ2n) is 23.8. The molecule has 4 aromatic carbocycles. The third kappa shape index (κ3) is 13.9. The molecule has 4 fully saturated rings. The topological polar surface area (TPSA) is 188 Å². The lowest BCUT2D eigenvalue weighted by molar-refractivity contribution is -0.365. The molecule has 4 aliphatic rings. The zero-order chi connectivity index (χ0) is 57.3. The van der Waals surface area contributed by atoms with Gasteiger partial charge in [-0.05, 0) is 70.1 Å². The van der Waals surface area contributed by atoms with Crippen molar-refractivity contribution >= 4 is 24.7 Å². The van der Waals surface area contributed by atoms with E-state index >= 15 is 0 Å². The first-order valence-corrected chi connectivity index (χ1v) is 30.8. The van der Waals surface area contributed by atoms with E-state index in [0.717, 1.165) is 11.1 Å². The minimum absolute atomic E-state index is 0.0567. The van der Waals surface area contributed by atoms with Crippen LogP contribution in [0.4, 0.5) is 0 Å². The maximum Gasteiger partial charge on any atom is 0.329 e. The Labute approximate surface area is 475 Å². The van der Waals surface area contributed by atoms with Crippen LogP contribution in [0.25, 0.3) is 10.4 Å². The second kappa shape index (κ2) is 27.7. The first-order chi connectivity index (χ1) is 38.4. The predicted octanol–water partition coefficient (Wildman–Crippen LogP) is 10.8. The molecule has 0 radical (unpaired) electrons. The number of carboxylic acids is 1. The Kier molecular flexibility index (Phi) is 21.3. The molecule has 0 bridgehead atoms. The van der Waals surface area contributed by atoms with Crippen molar-refractivity contribution < 1.29 is 61.7 Å². The molecule has 17 heteroatoms. The van der Waals surface area contributed by atoms with Gasteiger partial charge in [0.05, 0.1) is 68.6 Å². The van der Waals surface area contributed by atoms with E-state index in [1.807, 2.05) is 93.6 Å². The zero-order valence-electron chi connectivity index (χ0n) is 48.8. The van der Waals surface area contributed by atoms with Gasteiger partial charge in [-0.3, -0.25) is 0 Å². The van der Waals surface area contributed by atoms with Gasteiger partial charge in [0.25, 0.3) is 8.32 Å². The summed E-state index contributed by atoms with van der Waals surface area (Å²) in [6.45, 7) is 25.7. The molecule has 8 rings (SSSR count). The normalized spacial score (nSPS) is 35.0. The van der Waals surface area contributed by atoms with Gasteiger partial charge in [-0.15, -0.1) is 0 Å². The van der Waals surface area contributed by atoms with E-state index in [1.165, 1.54) is 10.4 Å². The maximum absolute atomic E-state index is 11.5. The fourth-order valence-corrected chi connectivity index (χ4v) is 16.9. The van der Waals surface area contributed by atoms with Crippen LogP contribution in [-0.2, 0) is 69.8 Å². The van der Waals surface area contributed by atoms with Gasteiger partial charge in [0.2, 0.25) is 0 Å². The van der Waals surface area contributed by atoms with Crippen molar-refractivity contribution in [2.75, 3.05) is 13.2 Å². The first kappa shape index (κ1) is 61.5. The van der Waals surface area contributed by atoms with Crippen molar-refractivity contribution in [1.29, 1.82) is 0 Å². The van der Waals surface area contributed by atoms with E-state index < -0.39 is 101 Å². The van der Waals surface area contributed by atoms with E-state index in [1.54, 1.807) is 0 Å². The molecule has 80 heavy (non-hydrogen) atoms. The summed E-state index contributed by atoms with van der Waals surface area (Å²) in [5, 5.41) is 15.9. The highest BCUT2D eigenvalue weighted by atomic mass is 28.4. The molecular formula is C63H87N3O13Si. The molecule has 4 heterocycles. The Hall–Kier alpha value is -4.56. The van der Waals surface area contributed by atoms with E-state index in [0.29, 0.717) is 26.2 Å². The maximum atomic E-state index is 11.5. The summed E-state index contributed by atoms with van der Waals surface area (Å²) >= 11 is 0. The van der Waals surface area contributed by atoms with Crippen LogP contribution in [-0.4, -0.2) is 119 Å². The Morgan fingerprint density at radius 1 is 0.550 bits per heavy atom. The third-order valence-corrected chi connectivity index (χ3v) is 22.4. The molecule has 20 atom stereocenters. The lowest BCUT2D eigenvalue weighted by Gasteiger charge is -2.51. The second-order valence-corrected chi connectivity index (χ2v) is 28.1. The smallest absolute Gasteiger partial charge is 0.329 e. The van der Waals surface area contributed by atoms with Gasteiger partial charge < -0.3 is 56.9 Å². The summed E-state index contributed by atoms with van der Waals surface area (Å²) in [6.07, 6.45) is -7.09. The van der Waals surface area contributed by atoms with Crippen molar-refractivity contribution in [2.45, 2.75) is 194 Å². The molecule has 0 amide bonds. The number of ether oxygens (including phenoxy) is 10. The number of rotatable bonds is 22. The minimum Gasteiger partial charge on any atom is -0.480 e. The number of hydrogen-bond acceptors (Lipinski definition) is 13. The highest BCUT2D eigenvalue weighted by Gasteiger charge is 2.55. The summed E-state index contributed by atoms with van der Waals surface area (Å²) in [5.41, 5.74) is 12.0. The summed E-state index contributed by atoms with van der Waals surface area (Å²) in [6, 6.07) is 40.4. The number of azide groups is 1. The van der Waals surface area contributed by atoms with Crippen LogP contribution in [0.15, 0.2) is 126 Å². The fourth-order valence-electron chi connectivity index (χ4n) is 12.4. The molecule has 16 nitrogen and oxygen atoms in total. The summed E-state index contributed by atoms with van der Waals surface area (Å²) in [7, 11) is -2.95. The molecular weight excluding hydrogens is 1030 g/mol. The highest BCUT2D eigenvalue weighted by molar-refractivity contribution is 6.99. The Balaban J connectivity index is 1.01. The lowest BCUT2D eigenvalue weighted by Crippen LogP contribution is -2.67. The van der Waals surface area contributed by atoms with Crippen molar-refractivity contribution in [3.63, 3.8) is 0 Å². The van der Waals surface area contributed by atoms with E-state index in [-0.39, 0.29) is 46.6 Å². The molecule has 436 valence electrons. The highest BCUT2D eigenvalue weighted by Crippen LogP contribution is 2.44. The monoisotopic (exact) mass is 1120 g/mol. The van der Waals surface area contributed by atoms with Gasteiger partial charge in [0, 0.05) is 22.7 Å². The van der Waals surface area contributed by atoms with Crippen LogP contribution in [0, 0.1) is 35.5 Å². The molecule has 4 aromatic rings.